The van der Waals surface area contributed by atoms with Crippen LogP contribution in [0.3, 0.4) is 0 Å². The Morgan fingerprint density at radius 1 is 1.04 bits per heavy atom. The molecule has 25 heavy (non-hydrogen) atoms. The fraction of sp³-hybridized carbons (Fsp3) is 0.167. The van der Waals surface area contributed by atoms with Gasteiger partial charge in [-0.3, -0.25) is 0 Å². The van der Waals surface area contributed by atoms with Gasteiger partial charge in [-0.2, -0.15) is 13.2 Å². The number of alkyl halides is 3. The molecule has 0 bridgehead atoms. The summed E-state index contributed by atoms with van der Waals surface area (Å²) >= 11 is 1.46. The number of benzene rings is 2. The van der Waals surface area contributed by atoms with E-state index in [-0.39, 0.29) is 0 Å². The second-order valence-electron chi connectivity index (χ2n) is 4.84. The highest BCUT2D eigenvalue weighted by atomic mass is 32.1. The van der Waals surface area contributed by atoms with Gasteiger partial charge in [0.15, 0.2) is 0 Å². The summed E-state index contributed by atoms with van der Waals surface area (Å²) in [6.07, 6.45) is -2.66. The molecule has 0 aliphatic rings. The monoisotopic (exact) mass is 365 g/mol. The third kappa shape index (κ3) is 4.73. The lowest BCUT2D eigenvalue weighted by Crippen LogP contribution is -2.04. The molecule has 3 nitrogen and oxygen atoms in total. The van der Waals surface area contributed by atoms with Crippen LogP contribution < -0.4 is 11.1 Å². The summed E-state index contributed by atoms with van der Waals surface area (Å²) in [7, 11) is 0. The molecule has 1 heterocycles. The lowest BCUT2D eigenvalue weighted by Gasteiger charge is -2.13. The van der Waals surface area contributed by atoms with Crippen LogP contribution in [0.15, 0.2) is 54.0 Å². The van der Waals surface area contributed by atoms with E-state index in [1.165, 1.54) is 23.5 Å². The Balaban J connectivity index is 0.00000109. The molecule has 0 aliphatic heterocycles. The quantitative estimate of drug-likeness (QED) is 0.545. The first-order chi connectivity index (χ1) is 11.9. The second-order valence-corrected chi connectivity index (χ2v) is 5.74. The average molecular weight is 365 g/mol. The van der Waals surface area contributed by atoms with E-state index < -0.39 is 11.7 Å². The molecule has 1 aromatic heterocycles. The van der Waals surface area contributed by atoms with Crippen LogP contribution >= 0.6 is 11.3 Å². The van der Waals surface area contributed by atoms with Gasteiger partial charge in [0.25, 0.3) is 0 Å². The van der Waals surface area contributed by atoms with Gasteiger partial charge in [0.1, 0.15) is 5.01 Å². The maximum atomic E-state index is 12.6. The zero-order valence-electron chi connectivity index (χ0n) is 13.8. The Morgan fingerprint density at radius 2 is 1.72 bits per heavy atom. The first-order valence-corrected chi connectivity index (χ1v) is 8.55. The molecule has 0 radical (unpaired) electrons. The van der Waals surface area contributed by atoms with Crippen molar-refractivity contribution in [3.63, 3.8) is 0 Å². The largest absolute Gasteiger partial charge is 0.416 e. The molecule has 2 aromatic carbocycles. The number of nitrogens with one attached hydrogen (secondary N) is 1. The fourth-order valence-electron chi connectivity index (χ4n) is 2.10. The van der Waals surface area contributed by atoms with Crippen LogP contribution in [0.1, 0.15) is 19.4 Å². The number of hydrogen-bond acceptors (Lipinski definition) is 4. The van der Waals surface area contributed by atoms with Gasteiger partial charge in [0, 0.05) is 34.2 Å². The predicted octanol–water partition coefficient (Wildman–Crippen LogP) is 6.18. The Hall–Kier alpha value is -2.54. The van der Waals surface area contributed by atoms with Crippen LogP contribution in [0.2, 0.25) is 0 Å². The molecular formula is C18H18F3N3S. The number of rotatable bonds is 3. The Kier molecular flexibility index (Phi) is 6.03. The van der Waals surface area contributed by atoms with E-state index in [2.05, 4.69) is 10.3 Å². The molecule has 3 N–H and O–H groups in total. The summed E-state index contributed by atoms with van der Waals surface area (Å²) < 4.78 is 37.8. The van der Waals surface area contributed by atoms with E-state index in [4.69, 9.17) is 5.73 Å². The van der Waals surface area contributed by atoms with Crippen molar-refractivity contribution in [1.82, 2.24) is 4.98 Å². The number of anilines is 3. The van der Waals surface area contributed by atoms with E-state index in [1.807, 2.05) is 19.2 Å². The SMILES string of the molecule is CC.Nc1ccc(Nc2ccc(C(F)(F)F)cc2)c(-c2nccs2)c1. The molecule has 0 saturated heterocycles. The predicted molar refractivity (Wildman–Crippen MR) is 98.0 cm³/mol. The molecule has 0 spiro atoms. The van der Waals surface area contributed by atoms with Gasteiger partial charge in [-0.05, 0) is 42.5 Å². The number of nitrogen functional groups attached to an aromatic ring is 1. The first kappa shape index (κ1) is 18.8. The number of hydrogen-bond donors (Lipinski definition) is 2. The molecule has 0 fully saturated rings. The van der Waals surface area contributed by atoms with Gasteiger partial charge in [-0.25, -0.2) is 4.98 Å². The number of nitrogens with zero attached hydrogens (tertiary/aromatic N) is 1. The highest BCUT2D eigenvalue weighted by Crippen LogP contribution is 2.34. The van der Waals surface area contributed by atoms with Gasteiger partial charge in [-0.15, -0.1) is 11.3 Å². The van der Waals surface area contributed by atoms with Crippen molar-refractivity contribution in [2.75, 3.05) is 11.1 Å². The van der Waals surface area contributed by atoms with Crippen molar-refractivity contribution < 1.29 is 13.2 Å². The van der Waals surface area contributed by atoms with Gasteiger partial charge < -0.3 is 11.1 Å². The normalized spacial score (nSPS) is 10.8. The van der Waals surface area contributed by atoms with E-state index in [0.717, 1.165) is 28.4 Å². The maximum absolute atomic E-state index is 12.6. The molecular weight excluding hydrogens is 347 g/mol. The van der Waals surface area contributed by atoms with Gasteiger partial charge in [0.2, 0.25) is 0 Å². The molecule has 3 aromatic rings. The molecule has 7 heteroatoms. The molecule has 132 valence electrons. The van der Waals surface area contributed by atoms with Gasteiger partial charge in [0.05, 0.1) is 5.56 Å². The topological polar surface area (TPSA) is 50.9 Å². The van der Waals surface area contributed by atoms with Crippen LogP contribution in [-0.4, -0.2) is 4.98 Å². The van der Waals surface area contributed by atoms with Gasteiger partial charge in [-0.1, -0.05) is 13.8 Å². The van der Waals surface area contributed by atoms with E-state index in [9.17, 15) is 13.2 Å². The Labute approximate surface area is 148 Å². The van der Waals surface area contributed by atoms with E-state index >= 15 is 0 Å². The van der Waals surface area contributed by atoms with Gasteiger partial charge >= 0.3 is 6.18 Å². The summed E-state index contributed by atoms with van der Waals surface area (Å²) in [5, 5.41) is 5.74. The van der Waals surface area contributed by atoms with Crippen molar-refractivity contribution in [1.29, 1.82) is 0 Å². The van der Waals surface area contributed by atoms with E-state index in [1.54, 1.807) is 24.4 Å². The summed E-state index contributed by atoms with van der Waals surface area (Å²) in [6, 6.07) is 10.2. The Bertz CT molecular complexity index is 797. The molecule has 0 amide bonds. The minimum atomic E-state index is -4.34. The number of halogens is 3. The number of nitrogens with two attached hydrogens (primary N) is 1. The lowest BCUT2D eigenvalue weighted by molar-refractivity contribution is -0.137. The molecule has 0 aliphatic carbocycles. The number of aromatic nitrogens is 1. The summed E-state index contributed by atoms with van der Waals surface area (Å²) in [4.78, 5) is 4.25. The average Bonchev–Trinajstić information content (AvgIpc) is 3.12. The maximum Gasteiger partial charge on any atom is 0.416 e. The lowest BCUT2D eigenvalue weighted by atomic mass is 10.1. The number of thiazole rings is 1. The molecule has 0 unspecified atom stereocenters. The van der Waals surface area contributed by atoms with Crippen LogP contribution in [0.5, 0.6) is 0 Å². The van der Waals surface area contributed by atoms with Crippen LogP contribution in [-0.2, 0) is 6.18 Å². The Morgan fingerprint density at radius 3 is 2.28 bits per heavy atom. The highest BCUT2D eigenvalue weighted by molar-refractivity contribution is 7.13. The minimum Gasteiger partial charge on any atom is -0.399 e. The zero-order valence-corrected chi connectivity index (χ0v) is 14.6. The van der Waals surface area contributed by atoms with Crippen molar-refractivity contribution in [2.24, 2.45) is 0 Å². The van der Waals surface area contributed by atoms with Crippen molar-refractivity contribution in [2.45, 2.75) is 20.0 Å². The summed E-state index contributed by atoms with van der Waals surface area (Å²) in [6.45, 7) is 4.00. The third-order valence-corrected chi connectivity index (χ3v) is 4.00. The van der Waals surface area contributed by atoms with E-state index in [0.29, 0.717) is 11.4 Å². The summed E-state index contributed by atoms with van der Waals surface area (Å²) in [5.74, 6) is 0. The zero-order chi connectivity index (χ0) is 18.4. The molecule has 0 saturated carbocycles. The molecule has 3 rings (SSSR count). The van der Waals surface area contributed by atoms with Crippen LogP contribution in [0.4, 0.5) is 30.2 Å². The third-order valence-electron chi connectivity index (χ3n) is 3.20. The van der Waals surface area contributed by atoms with Crippen molar-refractivity contribution in [3.05, 3.63) is 59.6 Å². The second kappa shape index (κ2) is 8.02. The molecule has 0 atom stereocenters. The first-order valence-electron chi connectivity index (χ1n) is 7.67. The fourth-order valence-corrected chi connectivity index (χ4v) is 2.77. The standard InChI is InChI=1S/C16H12F3N3S.C2H6/c17-16(18,19)10-1-4-12(5-2-10)22-14-6-3-11(20)9-13(14)15-21-7-8-23-15;1-2/h1-9,22H,20H2;1-2H3. The van der Waals surface area contributed by atoms with Crippen LogP contribution in [0, 0.1) is 0 Å². The van der Waals surface area contributed by atoms with Crippen LogP contribution in [0.25, 0.3) is 10.6 Å². The highest BCUT2D eigenvalue weighted by Gasteiger charge is 2.29. The smallest absolute Gasteiger partial charge is 0.399 e. The minimum absolute atomic E-state index is 0.556. The van der Waals surface area contributed by atoms with Crippen molar-refractivity contribution in [3.8, 4) is 10.6 Å². The van der Waals surface area contributed by atoms with Crippen molar-refractivity contribution >= 4 is 28.4 Å². The summed E-state index contributed by atoms with van der Waals surface area (Å²) in [5.41, 5.74) is 7.82.